The number of para-hydroxylation sites is 2. The molecule has 1 unspecified atom stereocenters. The van der Waals surface area contributed by atoms with Crippen LogP contribution in [0.1, 0.15) is 46.5 Å². The zero-order chi connectivity index (χ0) is 37.7. The fourth-order valence-electron chi connectivity index (χ4n) is 8.73. The Bertz CT molecular complexity index is 2610. The summed E-state index contributed by atoms with van der Waals surface area (Å²) in [5, 5.41) is 2.27. The van der Waals surface area contributed by atoms with E-state index in [0.717, 1.165) is 90.9 Å². The first-order chi connectivity index (χ1) is 26.9. The van der Waals surface area contributed by atoms with Crippen molar-refractivity contribution < 1.29 is 9.53 Å². The molecule has 0 amide bonds. The fraction of sp³-hybridized carbons (Fsp3) is 0.140. The van der Waals surface area contributed by atoms with Crippen LogP contribution >= 0.6 is 0 Å². The van der Waals surface area contributed by atoms with E-state index in [4.69, 9.17) is 4.74 Å². The molecule has 5 nitrogen and oxygen atoms in total. The molecule has 0 N–H and O–H groups in total. The third-order valence-corrected chi connectivity index (χ3v) is 11.2. The number of anilines is 1. The van der Waals surface area contributed by atoms with Gasteiger partial charge in [-0.15, -0.1) is 0 Å². The lowest BCUT2D eigenvalue weighted by atomic mass is 9.80. The highest BCUT2D eigenvalue weighted by molar-refractivity contribution is 6.12. The zero-order valence-electron chi connectivity index (χ0n) is 31.7. The predicted molar refractivity (Wildman–Crippen MR) is 227 cm³/mol. The van der Waals surface area contributed by atoms with Crippen LogP contribution in [0.2, 0.25) is 0 Å². The lowest BCUT2D eigenvalue weighted by Gasteiger charge is -2.29. The molecule has 0 saturated carbocycles. The molecular formula is C50H43N3O2. The van der Waals surface area contributed by atoms with Gasteiger partial charge in [0.15, 0.2) is 5.60 Å². The summed E-state index contributed by atoms with van der Waals surface area (Å²) in [6.07, 6.45) is 2.27. The summed E-state index contributed by atoms with van der Waals surface area (Å²) in [6.45, 7) is 5.98. The number of nitrogens with zero attached hydrogens (tertiary/aromatic N) is 3. The highest BCUT2D eigenvalue weighted by Crippen LogP contribution is 2.51. The van der Waals surface area contributed by atoms with Crippen molar-refractivity contribution in [2.75, 3.05) is 19.0 Å². The molecule has 0 saturated heterocycles. The van der Waals surface area contributed by atoms with Crippen LogP contribution in [0.25, 0.3) is 49.9 Å². The molecule has 0 spiro atoms. The fourth-order valence-corrected chi connectivity index (χ4v) is 8.73. The molecule has 55 heavy (non-hydrogen) atoms. The minimum atomic E-state index is -1.24. The minimum Gasteiger partial charge on any atom is -0.441 e. The summed E-state index contributed by atoms with van der Waals surface area (Å²) in [4.78, 5) is 16.2. The Balaban J connectivity index is 1.52. The molecule has 8 aromatic rings. The van der Waals surface area contributed by atoms with Gasteiger partial charge in [0, 0.05) is 76.9 Å². The van der Waals surface area contributed by atoms with Crippen molar-refractivity contribution in [2.24, 2.45) is 0 Å². The van der Waals surface area contributed by atoms with E-state index in [2.05, 4.69) is 173 Å². The molecule has 3 heterocycles. The van der Waals surface area contributed by atoms with Gasteiger partial charge in [-0.25, -0.2) is 4.79 Å². The second-order valence-electron chi connectivity index (χ2n) is 14.4. The summed E-state index contributed by atoms with van der Waals surface area (Å²) in [5.41, 5.74) is 12.1. The van der Waals surface area contributed by atoms with Gasteiger partial charge in [0.1, 0.15) is 0 Å². The van der Waals surface area contributed by atoms with Gasteiger partial charge in [-0.3, -0.25) is 0 Å². The standard InChI is InChI=1S/C50H43N3O2/c1-5-52-43-27-17-14-24-39(43)45(47(52)34-19-9-7-10-20-34)41(46-40-25-15-18-28-44(40)53(6-2)48(46)35-21-11-8-12-22-35)33-50(36-29-31-37(32-30-36)51(3)4)42-26-16-13-23-38(42)49(54)55-50/h7-33H,5-6H2,1-4H3. The minimum absolute atomic E-state index is 0.332. The van der Waals surface area contributed by atoms with E-state index in [1.165, 1.54) is 0 Å². The number of aryl methyl sites for hydroxylation is 2. The summed E-state index contributed by atoms with van der Waals surface area (Å²) in [6, 6.07) is 55.1. The number of aromatic nitrogens is 2. The van der Waals surface area contributed by atoms with Gasteiger partial charge >= 0.3 is 5.97 Å². The summed E-state index contributed by atoms with van der Waals surface area (Å²) >= 11 is 0. The first-order valence-electron chi connectivity index (χ1n) is 19.1. The topological polar surface area (TPSA) is 39.4 Å². The van der Waals surface area contributed by atoms with E-state index in [-0.39, 0.29) is 5.97 Å². The molecule has 0 fully saturated rings. The van der Waals surface area contributed by atoms with Crippen molar-refractivity contribution in [2.45, 2.75) is 32.5 Å². The molecule has 2 aromatic heterocycles. The number of ether oxygens (including phenoxy) is 1. The Kier molecular flexibility index (Phi) is 8.50. The average Bonchev–Trinajstić information content (AvgIpc) is 3.86. The molecule has 1 aliphatic heterocycles. The highest BCUT2D eigenvalue weighted by atomic mass is 16.6. The molecule has 0 aliphatic carbocycles. The van der Waals surface area contributed by atoms with E-state index in [1.54, 1.807) is 0 Å². The molecule has 6 aromatic carbocycles. The Labute approximate surface area is 322 Å². The van der Waals surface area contributed by atoms with Crippen LogP contribution in [0.15, 0.2) is 164 Å². The smallest absolute Gasteiger partial charge is 0.340 e. The number of hydrogen-bond acceptors (Lipinski definition) is 3. The van der Waals surface area contributed by atoms with Crippen LogP contribution in [0.3, 0.4) is 0 Å². The number of carbonyl (C=O) groups excluding carboxylic acids is 1. The molecule has 270 valence electrons. The molecule has 9 rings (SSSR count). The number of hydrogen-bond donors (Lipinski definition) is 0. The average molecular weight is 718 g/mol. The molecule has 0 radical (unpaired) electrons. The van der Waals surface area contributed by atoms with Crippen molar-refractivity contribution in [1.82, 2.24) is 9.13 Å². The molecule has 5 heteroatoms. The van der Waals surface area contributed by atoms with Crippen molar-refractivity contribution in [1.29, 1.82) is 0 Å². The number of fused-ring (bicyclic) bond motifs is 3. The van der Waals surface area contributed by atoms with Gasteiger partial charge in [0.2, 0.25) is 0 Å². The zero-order valence-corrected chi connectivity index (χ0v) is 31.7. The Morgan fingerprint density at radius 2 is 1.07 bits per heavy atom. The van der Waals surface area contributed by atoms with Gasteiger partial charge in [-0.05, 0) is 67.0 Å². The molecule has 0 bridgehead atoms. The number of cyclic esters (lactones) is 1. The highest BCUT2D eigenvalue weighted by Gasteiger charge is 2.46. The van der Waals surface area contributed by atoms with E-state index < -0.39 is 5.60 Å². The van der Waals surface area contributed by atoms with Gasteiger partial charge in [-0.2, -0.15) is 0 Å². The van der Waals surface area contributed by atoms with Crippen LogP contribution in [-0.2, 0) is 23.4 Å². The number of carbonyl (C=O) groups is 1. The van der Waals surface area contributed by atoms with E-state index in [1.807, 2.05) is 32.3 Å². The van der Waals surface area contributed by atoms with Gasteiger partial charge < -0.3 is 18.8 Å². The Morgan fingerprint density at radius 1 is 0.600 bits per heavy atom. The lowest BCUT2D eigenvalue weighted by Crippen LogP contribution is -2.26. The predicted octanol–water partition coefficient (Wildman–Crippen LogP) is 11.6. The van der Waals surface area contributed by atoms with Gasteiger partial charge in [0.25, 0.3) is 0 Å². The first kappa shape index (κ1) is 34.2. The summed E-state index contributed by atoms with van der Waals surface area (Å²) in [7, 11) is 4.08. The Hall–Kier alpha value is -6.59. The van der Waals surface area contributed by atoms with E-state index in [0.29, 0.717) is 5.56 Å². The second kappa shape index (κ2) is 13.7. The second-order valence-corrected chi connectivity index (χ2v) is 14.4. The van der Waals surface area contributed by atoms with E-state index in [9.17, 15) is 4.79 Å². The number of esters is 1. The SMILES string of the molecule is CCn1c(-c2ccccc2)c(C(=CC2(c3ccc(N(C)C)cc3)OC(=O)c3ccccc32)c2c(-c3ccccc3)n(CC)c3ccccc23)c2ccccc21. The number of rotatable bonds is 9. The third-order valence-electron chi connectivity index (χ3n) is 11.2. The lowest BCUT2D eigenvalue weighted by molar-refractivity contribution is 0.0276. The van der Waals surface area contributed by atoms with Crippen molar-refractivity contribution >= 4 is 39.0 Å². The van der Waals surface area contributed by atoms with Gasteiger partial charge in [0.05, 0.1) is 17.0 Å². The van der Waals surface area contributed by atoms with Crippen LogP contribution in [0, 0.1) is 0 Å². The maximum Gasteiger partial charge on any atom is 0.340 e. The maximum absolute atomic E-state index is 14.1. The van der Waals surface area contributed by atoms with Crippen LogP contribution < -0.4 is 4.90 Å². The molecule has 1 aliphatic rings. The Morgan fingerprint density at radius 3 is 1.58 bits per heavy atom. The van der Waals surface area contributed by atoms with Crippen molar-refractivity contribution in [3.8, 4) is 22.5 Å². The molecular weight excluding hydrogens is 675 g/mol. The summed E-state index contributed by atoms with van der Waals surface area (Å²) in [5.74, 6) is -0.332. The monoisotopic (exact) mass is 717 g/mol. The maximum atomic E-state index is 14.1. The quantitative estimate of drug-likeness (QED) is 0.140. The van der Waals surface area contributed by atoms with Crippen molar-refractivity contribution in [3.63, 3.8) is 0 Å². The largest absolute Gasteiger partial charge is 0.441 e. The third kappa shape index (κ3) is 5.41. The normalized spacial score (nSPS) is 14.9. The number of benzene rings is 6. The van der Waals surface area contributed by atoms with E-state index >= 15 is 0 Å². The van der Waals surface area contributed by atoms with Crippen molar-refractivity contribution in [3.05, 3.63) is 192 Å². The van der Waals surface area contributed by atoms with Gasteiger partial charge in [-0.1, -0.05) is 127 Å². The van der Waals surface area contributed by atoms with Crippen LogP contribution in [0.5, 0.6) is 0 Å². The van der Waals surface area contributed by atoms with Crippen LogP contribution in [0.4, 0.5) is 5.69 Å². The van der Waals surface area contributed by atoms with Crippen LogP contribution in [-0.4, -0.2) is 29.2 Å². The first-order valence-corrected chi connectivity index (χ1v) is 19.1. The summed E-state index contributed by atoms with van der Waals surface area (Å²) < 4.78 is 11.7. The molecule has 1 atom stereocenters.